The van der Waals surface area contributed by atoms with Crippen LogP contribution in [0.25, 0.3) is 16.6 Å². The topological polar surface area (TPSA) is 28.7 Å². The van der Waals surface area contributed by atoms with Crippen LogP contribution in [-0.4, -0.2) is 4.57 Å². The molecule has 0 saturated carbocycles. The SMILES string of the molecule is Cc1ccccc1-n1ccc2cc(C#N)ccc21. The van der Waals surface area contributed by atoms with Crippen molar-refractivity contribution < 1.29 is 0 Å². The van der Waals surface area contributed by atoms with E-state index in [9.17, 15) is 0 Å². The first kappa shape index (κ1) is 10.6. The summed E-state index contributed by atoms with van der Waals surface area (Å²) in [7, 11) is 0. The van der Waals surface area contributed by atoms with Gasteiger partial charge in [0.05, 0.1) is 17.1 Å². The molecule has 0 N–H and O–H groups in total. The molecule has 0 radical (unpaired) electrons. The summed E-state index contributed by atoms with van der Waals surface area (Å²) >= 11 is 0. The highest BCUT2D eigenvalue weighted by molar-refractivity contribution is 5.83. The summed E-state index contributed by atoms with van der Waals surface area (Å²) in [6, 6.07) is 18.3. The lowest BCUT2D eigenvalue weighted by Gasteiger charge is -2.08. The molecule has 0 saturated heterocycles. The third-order valence-corrected chi connectivity index (χ3v) is 3.19. The van der Waals surface area contributed by atoms with Crippen molar-refractivity contribution in [2.75, 3.05) is 0 Å². The van der Waals surface area contributed by atoms with E-state index in [0.29, 0.717) is 5.56 Å². The van der Waals surface area contributed by atoms with Crippen molar-refractivity contribution in [2.45, 2.75) is 6.92 Å². The van der Waals surface area contributed by atoms with Gasteiger partial charge in [-0.2, -0.15) is 5.26 Å². The van der Waals surface area contributed by atoms with Crippen LogP contribution in [0.3, 0.4) is 0 Å². The molecule has 3 aromatic rings. The second kappa shape index (κ2) is 4.05. The lowest BCUT2D eigenvalue weighted by Crippen LogP contribution is -1.94. The van der Waals surface area contributed by atoms with Crippen LogP contribution in [0.15, 0.2) is 54.7 Å². The van der Waals surface area contributed by atoms with Crippen LogP contribution in [0, 0.1) is 18.3 Å². The number of aromatic nitrogens is 1. The number of hydrogen-bond acceptors (Lipinski definition) is 1. The number of benzene rings is 2. The highest BCUT2D eigenvalue weighted by Gasteiger charge is 2.05. The maximum Gasteiger partial charge on any atom is 0.0991 e. The molecule has 0 aliphatic heterocycles. The van der Waals surface area contributed by atoms with E-state index in [2.05, 4.69) is 29.7 Å². The van der Waals surface area contributed by atoms with Gasteiger partial charge in [-0.15, -0.1) is 0 Å². The van der Waals surface area contributed by atoms with Crippen LogP contribution in [-0.2, 0) is 0 Å². The molecule has 1 aromatic heterocycles. The Balaban J connectivity index is 2.26. The van der Waals surface area contributed by atoms with Gasteiger partial charge >= 0.3 is 0 Å². The second-order valence-corrected chi connectivity index (χ2v) is 4.36. The molecule has 0 aliphatic rings. The van der Waals surface area contributed by atoms with Crippen molar-refractivity contribution in [3.8, 4) is 11.8 Å². The normalized spacial score (nSPS) is 10.4. The number of nitrogens with zero attached hydrogens (tertiary/aromatic N) is 2. The van der Waals surface area contributed by atoms with Crippen molar-refractivity contribution in [1.82, 2.24) is 4.57 Å². The van der Waals surface area contributed by atoms with Crippen molar-refractivity contribution >= 4 is 10.9 Å². The second-order valence-electron chi connectivity index (χ2n) is 4.36. The standard InChI is InChI=1S/C16H12N2/c1-12-4-2-3-5-15(12)18-9-8-14-10-13(11-17)6-7-16(14)18/h2-10H,1H3. The fraction of sp³-hybridized carbons (Fsp3) is 0.0625. The summed E-state index contributed by atoms with van der Waals surface area (Å²) in [5.74, 6) is 0. The smallest absolute Gasteiger partial charge is 0.0991 e. The summed E-state index contributed by atoms with van der Waals surface area (Å²) in [4.78, 5) is 0. The molecule has 0 fully saturated rings. The van der Waals surface area contributed by atoms with E-state index in [1.807, 2.05) is 42.6 Å². The van der Waals surface area contributed by atoms with E-state index in [1.165, 1.54) is 11.3 Å². The third-order valence-electron chi connectivity index (χ3n) is 3.19. The average Bonchev–Trinajstić information content (AvgIpc) is 2.82. The number of fused-ring (bicyclic) bond motifs is 1. The van der Waals surface area contributed by atoms with Gasteiger partial charge in [-0.3, -0.25) is 0 Å². The number of nitriles is 1. The molecule has 18 heavy (non-hydrogen) atoms. The zero-order valence-corrected chi connectivity index (χ0v) is 10.1. The van der Waals surface area contributed by atoms with Gasteiger partial charge in [0.2, 0.25) is 0 Å². The maximum atomic E-state index is 8.91. The fourth-order valence-corrected chi connectivity index (χ4v) is 2.26. The van der Waals surface area contributed by atoms with Crippen LogP contribution >= 0.6 is 0 Å². The molecular formula is C16H12N2. The molecule has 0 aliphatic carbocycles. The van der Waals surface area contributed by atoms with E-state index in [0.717, 1.165) is 10.9 Å². The Labute approximate surface area is 106 Å². The molecule has 2 heteroatoms. The summed E-state index contributed by atoms with van der Waals surface area (Å²) in [5.41, 5.74) is 4.24. The molecule has 86 valence electrons. The van der Waals surface area contributed by atoms with Gasteiger partial charge < -0.3 is 4.57 Å². The molecule has 1 heterocycles. The Kier molecular flexibility index (Phi) is 2.39. The van der Waals surface area contributed by atoms with E-state index >= 15 is 0 Å². The molecule has 0 atom stereocenters. The Hall–Kier alpha value is -2.53. The first-order valence-electron chi connectivity index (χ1n) is 5.87. The molecule has 2 aromatic carbocycles. The van der Waals surface area contributed by atoms with Gasteiger partial charge in [0.25, 0.3) is 0 Å². The van der Waals surface area contributed by atoms with Crippen LogP contribution in [0.5, 0.6) is 0 Å². The Morgan fingerprint density at radius 3 is 2.67 bits per heavy atom. The molecule has 0 bridgehead atoms. The zero-order valence-electron chi connectivity index (χ0n) is 10.1. The molecular weight excluding hydrogens is 220 g/mol. The summed E-state index contributed by atoms with van der Waals surface area (Å²) in [5, 5.41) is 10.0. The molecule has 0 spiro atoms. The van der Waals surface area contributed by atoms with E-state index in [1.54, 1.807) is 0 Å². The van der Waals surface area contributed by atoms with Gasteiger partial charge in [-0.1, -0.05) is 18.2 Å². The number of hydrogen-bond donors (Lipinski definition) is 0. The van der Waals surface area contributed by atoms with Crippen LogP contribution in [0.1, 0.15) is 11.1 Å². The first-order valence-corrected chi connectivity index (χ1v) is 5.87. The molecule has 0 unspecified atom stereocenters. The fourth-order valence-electron chi connectivity index (χ4n) is 2.26. The van der Waals surface area contributed by atoms with Crippen LogP contribution in [0.2, 0.25) is 0 Å². The maximum absolute atomic E-state index is 8.91. The Morgan fingerprint density at radius 2 is 1.89 bits per heavy atom. The van der Waals surface area contributed by atoms with E-state index in [-0.39, 0.29) is 0 Å². The van der Waals surface area contributed by atoms with Crippen LogP contribution in [0.4, 0.5) is 0 Å². The molecule has 0 amide bonds. The van der Waals surface area contributed by atoms with Gasteiger partial charge in [-0.05, 0) is 42.8 Å². The number of rotatable bonds is 1. The Bertz CT molecular complexity index is 760. The van der Waals surface area contributed by atoms with Crippen molar-refractivity contribution in [3.63, 3.8) is 0 Å². The van der Waals surface area contributed by atoms with Crippen LogP contribution < -0.4 is 0 Å². The summed E-state index contributed by atoms with van der Waals surface area (Å²) in [6.07, 6.45) is 2.05. The van der Waals surface area contributed by atoms with Crippen molar-refractivity contribution in [1.29, 1.82) is 5.26 Å². The molecule has 2 nitrogen and oxygen atoms in total. The average molecular weight is 232 g/mol. The molecule has 3 rings (SSSR count). The highest BCUT2D eigenvalue weighted by atomic mass is 15.0. The minimum absolute atomic E-state index is 0.699. The zero-order chi connectivity index (χ0) is 12.5. The first-order chi connectivity index (χ1) is 8.79. The predicted molar refractivity (Wildman–Crippen MR) is 72.7 cm³/mol. The van der Waals surface area contributed by atoms with Crippen molar-refractivity contribution in [3.05, 3.63) is 65.9 Å². The lowest BCUT2D eigenvalue weighted by molar-refractivity contribution is 1.10. The minimum atomic E-state index is 0.699. The minimum Gasteiger partial charge on any atom is -0.316 e. The quantitative estimate of drug-likeness (QED) is 0.627. The monoisotopic (exact) mass is 232 g/mol. The third kappa shape index (κ3) is 1.57. The number of aryl methyl sites for hydroxylation is 1. The Morgan fingerprint density at radius 1 is 1.06 bits per heavy atom. The lowest BCUT2D eigenvalue weighted by atomic mass is 10.1. The largest absolute Gasteiger partial charge is 0.316 e. The van der Waals surface area contributed by atoms with E-state index in [4.69, 9.17) is 5.26 Å². The van der Waals surface area contributed by atoms with Gasteiger partial charge in [0, 0.05) is 17.3 Å². The summed E-state index contributed by atoms with van der Waals surface area (Å²) < 4.78 is 2.16. The van der Waals surface area contributed by atoms with Gasteiger partial charge in [0.1, 0.15) is 0 Å². The van der Waals surface area contributed by atoms with Crippen molar-refractivity contribution in [2.24, 2.45) is 0 Å². The highest BCUT2D eigenvalue weighted by Crippen LogP contribution is 2.23. The van der Waals surface area contributed by atoms with Gasteiger partial charge in [0.15, 0.2) is 0 Å². The van der Waals surface area contributed by atoms with E-state index < -0.39 is 0 Å². The summed E-state index contributed by atoms with van der Waals surface area (Å²) in [6.45, 7) is 2.10. The number of para-hydroxylation sites is 1. The predicted octanol–water partition coefficient (Wildman–Crippen LogP) is 3.81. The van der Waals surface area contributed by atoms with Gasteiger partial charge in [-0.25, -0.2) is 0 Å².